The Morgan fingerprint density at radius 2 is 1.68 bits per heavy atom. The molecule has 4 aromatic rings. The van der Waals surface area contributed by atoms with Crippen LogP contribution in [0.25, 0.3) is 5.69 Å². The number of nitrogens with one attached hydrogen (secondary N) is 1. The van der Waals surface area contributed by atoms with Crippen molar-refractivity contribution < 1.29 is 9.53 Å². The van der Waals surface area contributed by atoms with E-state index in [-0.39, 0.29) is 5.91 Å². The van der Waals surface area contributed by atoms with Crippen LogP contribution in [0.3, 0.4) is 0 Å². The predicted octanol–water partition coefficient (Wildman–Crippen LogP) is 6.02. The summed E-state index contributed by atoms with van der Waals surface area (Å²) in [6, 6.07) is 27.4. The molecule has 0 saturated heterocycles. The molecule has 1 saturated carbocycles. The van der Waals surface area contributed by atoms with Gasteiger partial charge in [-0.05, 0) is 49.6 Å². The first-order chi connectivity index (χ1) is 16.7. The maximum Gasteiger partial charge on any atom is 0.242 e. The number of carbonyl (C=O) groups is 1. The smallest absolute Gasteiger partial charge is 0.242 e. The summed E-state index contributed by atoms with van der Waals surface area (Å²) in [6.07, 6.45) is 2.24. The lowest BCUT2D eigenvalue weighted by atomic mass is 10.1. The summed E-state index contributed by atoms with van der Waals surface area (Å²) in [5.41, 5.74) is 2.55. The fourth-order valence-corrected chi connectivity index (χ4v) is 4.90. The minimum Gasteiger partial charge on any atom is -0.492 e. The van der Waals surface area contributed by atoms with Crippen LogP contribution in [0.2, 0.25) is 0 Å². The van der Waals surface area contributed by atoms with Gasteiger partial charge in [0.1, 0.15) is 16.8 Å². The van der Waals surface area contributed by atoms with Crippen molar-refractivity contribution in [3.8, 4) is 11.4 Å². The Morgan fingerprint density at radius 3 is 2.38 bits per heavy atom. The molecule has 1 aliphatic rings. The van der Waals surface area contributed by atoms with Crippen LogP contribution in [-0.2, 0) is 4.79 Å². The van der Waals surface area contributed by atoms with Crippen LogP contribution in [0.15, 0.2) is 90.1 Å². The fraction of sp³-hybridized carbons (Fsp3) is 0.222. The van der Waals surface area contributed by atoms with E-state index in [1.807, 2.05) is 79.7 Å². The van der Waals surface area contributed by atoms with Crippen molar-refractivity contribution in [2.75, 3.05) is 11.9 Å². The zero-order valence-corrected chi connectivity index (χ0v) is 19.7. The number of aromatic nitrogens is 3. The lowest BCUT2D eigenvalue weighted by Gasteiger charge is -2.19. The van der Waals surface area contributed by atoms with Crippen LogP contribution in [0.5, 0.6) is 5.75 Å². The molecule has 1 heterocycles. The van der Waals surface area contributed by atoms with E-state index >= 15 is 0 Å². The van der Waals surface area contributed by atoms with E-state index in [4.69, 9.17) is 4.74 Å². The maximum atomic E-state index is 13.6. The quantitative estimate of drug-likeness (QED) is 0.303. The molecule has 1 fully saturated rings. The van der Waals surface area contributed by atoms with Crippen molar-refractivity contribution >= 4 is 23.4 Å². The van der Waals surface area contributed by atoms with E-state index in [1.165, 1.54) is 11.8 Å². The molecule has 172 valence electrons. The molecule has 1 aliphatic carbocycles. The highest BCUT2D eigenvalue weighted by atomic mass is 32.2. The molecule has 6 nitrogen and oxygen atoms in total. The number of anilines is 1. The molecular formula is C27H26N4O2S. The number of para-hydroxylation sites is 3. The lowest BCUT2D eigenvalue weighted by Crippen LogP contribution is -2.20. The number of nitrogens with zero attached hydrogens (tertiary/aromatic N) is 3. The first kappa shape index (κ1) is 22.2. The van der Waals surface area contributed by atoms with Crippen LogP contribution >= 0.6 is 11.8 Å². The largest absolute Gasteiger partial charge is 0.492 e. The van der Waals surface area contributed by atoms with Gasteiger partial charge in [-0.15, -0.1) is 10.2 Å². The highest BCUT2D eigenvalue weighted by molar-refractivity contribution is 8.00. The monoisotopic (exact) mass is 470 g/mol. The molecule has 1 amide bonds. The molecule has 1 atom stereocenters. The number of ether oxygens (including phenoxy) is 1. The third kappa shape index (κ3) is 4.84. The number of thioether (sulfide) groups is 1. The SMILES string of the molecule is CCOc1ccccc1NC(=O)[C@H](Sc1nnc(C2CC2)n1-c1ccccc1)c1ccccc1. The molecule has 0 aliphatic heterocycles. The topological polar surface area (TPSA) is 69.0 Å². The van der Waals surface area contributed by atoms with Crippen molar-refractivity contribution in [2.45, 2.75) is 36.1 Å². The van der Waals surface area contributed by atoms with Crippen LogP contribution in [-0.4, -0.2) is 27.3 Å². The molecular weight excluding hydrogens is 444 g/mol. The molecule has 3 aromatic carbocycles. The number of benzene rings is 3. The molecule has 0 unspecified atom stereocenters. The van der Waals surface area contributed by atoms with Gasteiger partial charge in [0.2, 0.25) is 5.91 Å². The number of carbonyl (C=O) groups excluding carboxylic acids is 1. The summed E-state index contributed by atoms with van der Waals surface area (Å²) < 4.78 is 7.80. The first-order valence-corrected chi connectivity index (χ1v) is 12.4. The summed E-state index contributed by atoms with van der Waals surface area (Å²) in [4.78, 5) is 13.6. The highest BCUT2D eigenvalue weighted by Gasteiger charge is 2.33. The third-order valence-corrected chi connectivity index (χ3v) is 6.82. The van der Waals surface area contributed by atoms with Gasteiger partial charge in [-0.1, -0.05) is 72.4 Å². The Bertz CT molecular complexity index is 1260. The summed E-state index contributed by atoms with van der Waals surface area (Å²) in [6.45, 7) is 2.45. The Labute approximate surface area is 203 Å². The van der Waals surface area contributed by atoms with Gasteiger partial charge < -0.3 is 10.1 Å². The highest BCUT2D eigenvalue weighted by Crippen LogP contribution is 2.43. The third-order valence-electron chi connectivity index (χ3n) is 5.62. The van der Waals surface area contributed by atoms with Gasteiger partial charge in [-0.3, -0.25) is 9.36 Å². The van der Waals surface area contributed by atoms with Crippen molar-refractivity contribution in [3.63, 3.8) is 0 Å². The minimum absolute atomic E-state index is 0.140. The first-order valence-electron chi connectivity index (χ1n) is 11.5. The van der Waals surface area contributed by atoms with Crippen LogP contribution < -0.4 is 10.1 Å². The number of rotatable bonds is 9. The van der Waals surface area contributed by atoms with Gasteiger partial charge in [0.25, 0.3) is 0 Å². The zero-order chi connectivity index (χ0) is 23.3. The van der Waals surface area contributed by atoms with Gasteiger partial charge in [0.15, 0.2) is 5.16 Å². The molecule has 0 radical (unpaired) electrons. The van der Waals surface area contributed by atoms with Crippen LogP contribution in [0, 0.1) is 0 Å². The van der Waals surface area contributed by atoms with Crippen LogP contribution in [0.4, 0.5) is 5.69 Å². The van der Waals surface area contributed by atoms with Crippen molar-refractivity contribution in [1.29, 1.82) is 0 Å². The normalized spacial score (nSPS) is 13.9. The molecule has 5 rings (SSSR count). The Balaban J connectivity index is 1.50. The zero-order valence-electron chi connectivity index (χ0n) is 18.9. The van der Waals surface area contributed by atoms with E-state index in [1.54, 1.807) is 0 Å². The number of hydrogen-bond acceptors (Lipinski definition) is 5. The minimum atomic E-state index is -0.519. The lowest BCUT2D eigenvalue weighted by molar-refractivity contribution is -0.115. The summed E-state index contributed by atoms with van der Waals surface area (Å²) >= 11 is 1.41. The van der Waals surface area contributed by atoms with Crippen molar-refractivity contribution in [3.05, 3.63) is 96.3 Å². The average molecular weight is 471 g/mol. The molecule has 7 heteroatoms. The van der Waals surface area contributed by atoms with Gasteiger partial charge in [-0.25, -0.2) is 0 Å². The maximum absolute atomic E-state index is 13.6. The molecule has 0 bridgehead atoms. The van der Waals surface area contributed by atoms with Crippen molar-refractivity contribution in [2.24, 2.45) is 0 Å². The molecule has 1 N–H and O–H groups in total. The average Bonchev–Trinajstić information content (AvgIpc) is 3.64. The number of hydrogen-bond donors (Lipinski definition) is 1. The van der Waals surface area contributed by atoms with E-state index in [2.05, 4.69) is 32.2 Å². The van der Waals surface area contributed by atoms with E-state index in [9.17, 15) is 4.79 Å². The molecule has 1 aromatic heterocycles. The number of amides is 1. The summed E-state index contributed by atoms with van der Waals surface area (Å²) in [5.74, 6) is 1.89. The van der Waals surface area contributed by atoms with Crippen LogP contribution in [0.1, 0.15) is 42.3 Å². The Morgan fingerprint density at radius 1 is 1.00 bits per heavy atom. The summed E-state index contributed by atoms with van der Waals surface area (Å²) in [7, 11) is 0. The second-order valence-electron chi connectivity index (χ2n) is 8.11. The van der Waals surface area contributed by atoms with Gasteiger partial charge >= 0.3 is 0 Å². The van der Waals surface area contributed by atoms with E-state index < -0.39 is 5.25 Å². The predicted molar refractivity (Wildman–Crippen MR) is 135 cm³/mol. The van der Waals surface area contributed by atoms with E-state index in [0.29, 0.717) is 29.1 Å². The fourth-order valence-electron chi connectivity index (χ4n) is 3.84. The van der Waals surface area contributed by atoms with Gasteiger partial charge in [-0.2, -0.15) is 0 Å². The summed E-state index contributed by atoms with van der Waals surface area (Å²) in [5, 5.41) is 12.3. The van der Waals surface area contributed by atoms with Crippen molar-refractivity contribution in [1.82, 2.24) is 14.8 Å². The van der Waals surface area contributed by atoms with Gasteiger partial charge in [0.05, 0.1) is 12.3 Å². The standard InChI is InChI=1S/C27H26N4O2S/c1-2-33-23-16-10-9-15-22(23)28-26(32)24(19-11-5-3-6-12-19)34-27-30-29-25(20-17-18-20)31(27)21-13-7-4-8-14-21/h3-16,20,24H,2,17-18H2,1H3,(H,28,32)/t24-/m1/s1. The Hall–Kier alpha value is -3.58. The van der Waals surface area contributed by atoms with E-state index in [0.717, 1.165) is 29.9 Å². The van der Waals surface area contributed by atoms with Gasteiger partial charge in [0, 0.05) is 11.6 Å². The molecule has 0 spiro atoms. The Kier molecular flexibility index (Phi) is 6.62. The molecule has 34 heavy (non-hydrogen) atoms. The second-order valence-corrected chi connectivity index (χ2v) is 9.19. The second kappa shape index (κ2) is 10.1.